The molecular weight excluding hydrogens is 164 g/mol. The van der Waals surface area contributed by atoms with E-state index in [-0.39, 0.29) is 0 Å². The highest BCUT2D eigenvalue weighted by molar-refractivity contribution is 6.76. The van der Waals surface area contributed by atoms with Gasteiger partial charge in [-0.15, -0.1) is 0 Å². The van der Waals surface area contributed by atoms with Crippen molar-refractivity contribution in [3.8, 4) is 0 Å². The molecule has 0 bridgehead atoms. The lowest BCUT2D eigenvalue weighted by molar-refractivity contribution is 0.643. The quantitative estimate of drug-likeness (QED) is 0.471. The monoisotopic (exact) mass is 188 g/mol. The minimum atomic E-state index is -0.778. The average molecular weight is 188 g/mol. The molecule has 0 aliphatic heterocycles. The van der Waals surface area contributed by atoms with Gasteiger partial charge in [0.05, 0.1) is 0 Å². The fraction of sp³-hybridized carbons (Fsp3) is 1.00. The number of nitrogens with two attached hydrogens (primary N) is 1. The molecule has 0 saturated heterocycles. The average Bonchev–Trinajstić information content (AvgIpc) is 1.94. The number of unbranched alkanes of at least 4 members (excludes halogenated alkanes) is 1. The standard InChI is InChI=1S/C9H24N2Si/c1-12(2,3)9-5-4-7-11-8-6-10/h11H,4-10H2,1-3H3. The largest absolute Gasteiger partial charge is 0.329 e. The van der Waals surface area contributed by atoms with Gasteiger partial charge in [0.2, 0.25) is 0 Å². The minimum Gasteiger partial charge on any atom is -0.329 e. The Kier molecular flexibility index (Phi) is 6.71. The first-order chi connectivity index (χ1) is 5.56. The first-order valence-corrected chi connectivity index (χ1v) is 8.68. The van der Waals surface area contributed by atoms with E-state index in [9.17, 15) is 0 Å². The third kappa shape index (κ3) is 10.1. The zero-order valence-corrected chi connectivity index (χ0v) is 9.82. The Labute approximate surface area is 77.9 Å². The summed E-state index contributed by atoms with van der Waals surface area (Å²) in [5.74, 6) is 0. The minimum absolute atomic E-state index is 0.758. The second-order valence-corrected chi connectivity index (χ2v) is 10.2. The van der Waals surface area contributed by atoms with Crippen LogP contribution in [0.3, 0.4) is 0 Å². The van der Waals surface area contributed by atoms with Crippen molar-refractivity contribution in [3.05, 3.63) is 0 Å². The van der Waals surface area contributed by atoms with E-state index in [1.807, 2.05) is 0 Å². The van der Waals surface area contributed by atoms with Crippen LogP contribution in [-0.4, -0.2) is 27.7 Å². The molecule has 0 radical (unpaired) electrons. The van der Waals surface area contributed by atoms with Gasteiger partial charge >= 0.3 is 0 Å². The van der Waals surface area contributed by atoms with E-state index in [1.54, 1.807) is 0 Å². The molecule has 0 aromatic carbocycles. The number of rotatable bonds is 7. The van der Waals surface area contributed by atoms with Crippen molar-refractivity contribution in [3.63, 3.8) is 0 Å². The summed E-state index contributed by atoms with van der Waals surface area (Å²) in [7, 11) is -0.778. The SMILES string of the molecule is C[Si](C)(C)CCCCNCCN. The van der Waals surface area contributed by atoms with Gasteiger partial charge in [-0.25, -0.2) is 0 Å². The highest BCUT2D eigenvalue weighted by Crippen LogP contribution is 2.11. The predicted octanol–water partition coefficient (Wildman–Crippen LogP) is 1.65. The molecular formula is C9H24N2Si. The molecule has 74 valence electrons. The summed E-state index contributed by atoms with van der Waals surface area (Å²) >= 11 is 0. The van der Waals surface area contributed by atoms with Gasteiger partial charge in [0.1, 0.15) is 0 Å². The summed E-state index contributed by atoms with van der Waals surface area (Å²) in [6.45, 7) is 10.2. The van der Waals surface area contributed by atoms with Crippen LogP contribution in [0.4, 0.5) is 0 Å². The molecule has 3 N–H and O–H groups in total. The van der Waals surface area contributed by atoms with Crippen molar-refractivity contribution >= 4 is 8.07 Å². The molecule has 0 fully saturated rings. The molecule has 12 heavy (non-hydrogen) atoms. The summed E-state index contributed by atoms with van der Waals surface area (Å²) in [5, 5.41) is 3.31. The fourth-order valence-electron chi connectivity index (χ4n) is 1.13. The maximum absolute atomic E-state index is 5.36. The van der Waals surface area contributed by atoms with E-state index in [1.165, 1.54) is 18.9 Å². The van der Waals surface area contributed by atoms with Gasteiger partial charge in [-0.1, -0.05) is 32.1 Å². The number of hydrogen-bond acceptors (Lipinski definition) is 2. The lowest BCUT2D eigenvalue weighted by Crippen LogP contribution is -2.24. The first kappa shape index (κ1) is 12.1. The molecule has 0 rings (SSSR count). The van der Waals surface area contributed by atoms with Crippen LogP contribution in [0, 0.1) is 0 Å². The van der Waals surface area contributed by atoms with Gasteiger partial charge in [0.25, 0.3) is 0 Å². The van der Waals surface area contributed by atoms with Crippen molar-refractivity contribution in [2.24, 2.45) is 5.73 Å². The molecule has 0 amide bonds. The van der Waals surface area contributed by atoms with Crippen molar-refractivity contribution in [1.29, 1.82) is 0 Å². The Hall–Kier alpha value is 0.137. The van der Waals surface area contributed by atoms with Crippen molar-refractivity contribution in [1.82, 2.24) is 5.32 Å². The maximum Gasteiger partial charge on any atom is 0.0442 e. The molecule has 0 heterocycles. The van der Waals surface area contributed by atoms with Crippen molar-refractivity contribution < 1.29 is 0 Å². The van der Waals surface area contributed by atoms with Gasteiger partial charge in [0.15, 0.2) is 0 Å². The second kappa shape index (κ2) is 6.63. The fourth-order valence-corrected chi connectivity index (χ4v) is 2.44. The third-order valence-electron chi connectivity index (χ3n) is 1.85. The van der Waals surface area contributed by atoms with Crippen LogP contribution < -0.4 is 11.1 Å². The second-order valence-electron chi connectivity index (χ2n) is 4.56. The molecule has 0 aliphatic carbocycles. The van der Waals surface area contributed by atoms with Crippen LogP contribution >= 0.6 is 0 Å². The number of hydrogen-bond donors (Lipinski definition) is 2. The normalized spacial score (nSPS) is 12.0. The smallest absolute Gasteiger partial charge is 0.0442 e. The summed E-state index contributed by atoms with van der Waals surface area (Å²) in [6.07, 6.45) is 2.69. The van der Waals surface area contributed by atoms with E-state index in [0.29, 0.717) is 0 Å². The van der Waals surface area contributed by atoms with E-state index in [4.69, 9.17) is 5.73 Å². The Morgan fingerprint density at radius 1 is 1.08 bits per heavy atom. The zero-order valence-electron chi connectivity index (χ0n) is 8.82. The highest BCUT2D eigenvalue weighted by Gasteiger charge is 2.10. The lowest BCUT2D eigenvalue weighted by atomic mass is 10.3. The van der Waals surface area contributed by atoms with Gasteiger partial charge < -0.3 is 11.1 Å². The Morgan fingerprint density at radius 2 is 1.75 bits per heavy atom. The van der Waals surface area contributed by atoms with E-state index >= 15 is 0 Å². The highest BCUT2D eigenvalue weighted by atomic mass is 28.3. The van der Waals surface area contributed by atoms with E-state index in [0.717, 1.165) is 19.6 Å². The van der Waals surface area contributed by atoms with E-state index in [2.05, 4.69) is 25.0 Å². The molecule has 0 unspecified atom stereocenters. The van der Waals surface area contributed by atoms with Gasteiger partial charge in [-0.3, -0.25) is 0 Å². The van der Waals surface area contributed by atoms with Crippen molar-refractivity contribution in [2.45, 2.75) is 38.5 Å². The van der Waals surface area contributed by atoms with Crippen LogP contribution in [0.5, 0.6) is 0 Å². The van der Waals surface area contributed by atoms with Crippen LogP contribution in [0.1, 0.15) is 12.8 Å². The molecule has 0 atom stereocenters. The van der Waals surface area contributed by atoms with Crippen LogP contribution in [-0.2, 0) is 0 Å². The summed E-state index contributed by atoms with van der Waals surface area (Å²) < 4.78 is 0. The Bertz CT molecular complexity index is 99.2. The van der Waals surface area contributed by atoms with Crippen LogP contribution in [0.25, 0.3) is 0 Å². The van der Waals surface area contributed by atoms with Crippen LogP contribution in [0.2, 0.25) is 25.7 Å². The zero-order chi connectivity index (χ0) is 9.45. The molecule has 3 heteroatoms. The molecule has 0 aliphatic rings. The van der Waals surface area contributed by atoms with E-state index < -0.39 is 8.07 Å². The Balaban J connectivity index is 3.01. The summed E-state index contributed by atoms with van der Waals surface area (Å²) in [6, 6.07) is 1.46. The first-order valence-electron chi connectivity index (χ1n) is 4.97. The third-order valence-corrected chi connectivity index (χ3v) is 3.70. The van der Waals surface area contributed by atoms with Crippen LogP contribution in [0.15, 0.2) is 0 Å². The topological polar surface area (TPSA) is 38.0 Å². The molecule has 0 aromatic rings. The number of nitrogens with one attached hydrogen (secondary N) is 1. The van der Waals surface area contributed by atoms with Gasteiger partial charge in [-0.05, 0) is 13.0 Å². The molecule has 0 spiro atoms. The maximum atomic E-state index is 5.36. The van der Waals surface area contributed by atoms with Gasteiger partial charge in [0, 0.05) is 21.2 Å². The van der Waals surface area contributed by atoms with Crippen molar-refractivity contribution in [2.75, 3.05) is 19.6 Å². The predicted molar refractivity (Wildman–Crippen MR) is 59.3 cm³/mol. The molecule has 0 aromatic heterocycles. The summed E-state index contributed by atoms with van der Waals surface area (Å²) in [5.41, 5.74) is 5.36. The molecule has 2 nitrogen and oxygen atoms in total. The summed E-state index contributed by atoms with van der Waals surface area (Å²) in [4.78, 5) is 0. The lowest BCUT2D eigenvalue weighted by Gasteiger charge is -2.14. The Morgan fingerprint density at radius 3 is 2.25 bits per heavy atom. The van der Waals surface area contributed by atoms with Gasteiger partial charge in [-0.2, -0.15) is 0 Å². The molecule has 0 saturated carbocycles.